The molecule has 25 heavy (non-hydrogen) atoms. The molecular weight excluding hydrogens is 324 g/mol. The number of benzene rings is 1. The first kappa shape index (κ1) is 18.5. The third-order valence-corrected chi connectivity index (χ3v) is 3.21. The second kappa shape index (κ2) is 10.1. The van der Waals surface area contributed by atoms with Gasteiger partial charge in [-0.1, -0.05) is 0 Å². The maximum absolute atomic E-state index is 12.0. The predicted molar refractivity (Wildman–Crippen MR) is 93.2 cm³/mol. The summed E-state index contributed by atoms with van der Waals surface area (Å²) in [6.45, 7) is 1.90. The molecule has 0 spiro atoms. The van der Waals surface area contributed by atoms with Gasteiger partial charge in [-0.05, 0) is 24.3 Å². The Hall–Kier alpha value is -2.87. The maximum Gasteiger partial charge on any atom is 0.271 e. The zero-order chi connectivity index (χ0) is 17.9. The Kier molecular flexibility index (Phi) is 7.45. The van der Waals surface area contributed by atoms with Crippen molar-refractivity contribution in [2.45, 2.75) is 0 Å². The van der Waals surface area contributed by atoms with Gasteiger partial charge in [0, 0.05) is 13.7 Å². The van der Waals surface area contributed by atoms with Crippen LogP contribution < -0.4 is 20.1 Å². The van der Waals surface area contributed by atoms with E-state index in [9.17, 15) is 4.79 Å². The van der Waals surface area contributed by atoms with Crippen molar-refractivity contribution in [1.29, 1.82) is 0 Å². The summed E-state index contributed by atoms with van der Waals surface area (Å²) in [6.07, 6.45) is 2.94. The topological polar surface area (TPSA) is 94.6 Å². The Labute approximate surface area is 146 Å². The zero-order valence-electron chi connectivity index (χ0n) is 14.3. The van der Waals surface area contributed by atoms with E-state index in [1.807, 2.05) is 12.1 Å². The molecule has 134 valence electrons. The second-order valence-electron chi connectivity index (χ2n) is 4.99. The van der Waals surface area contributed by atoms with Crippen LogP contribution >= 0.6 is 0 Å². The van der Waals surface area contributed by atoms with Crippen LogP contribution in [0.5, 0.6) is 11.5 Å². The number of hydrogen-bond donors (Lipinski definition) is 2. The Morgan fingerprint density at radius 3 is 2.40 bits per heavy atom. The number of hydrogen-bond acceptors (Lipinski definition) is 7. The first-order valence-electron chi connectivity index (χ1n) is 7.83. The molecule has 0 atom stereocenters. The van der Waals surface area contributed by atoms with Crippen LogP contribution in [0.4, 0.5) is 5.82 Å². The van der Waals surface area contributed by atoms with Crippen molar-refractivity contribution in [3.05, 3.63) is 42.4 Å². The highest BCUT2D eigenvalue weighted by molar-refractivity contribution is 5.91. The minimum Gasteiger partial charge on any atom is -0.497 e. The summed E-state index contributed by atoms with van der Waals surface area (Å²) in [5, 5.41) is 5.76. The molecule has 0 aliphatic rings. The molecule has 2 rings (SSSR count). The third-order valence-electron chi connectivity index (χ3n) is 3.21. The van der Waals surface area contributed by atoms with E-state index in [4.69, 9.17) is 14.2 Å². The highest BCUT2D eigenvalue weighted by Gasteiger charge is 2.07. The summed E-state index contributed by atoms with van der Waals surface area (Å²) in [5.74, 6) is 1.77. The van der Waals surface area contributed by atoms with E-state index in [0.717, 1.165) is 5.75 Å². The number of methoxy groups -OCH3 is 2. The number of amides is 1. The lowest BCUT2D eigenvalue weighted by Gasteiger charge is -2.08. The van der Waals surface area contributed by atoms with Crippen LogP contribution in [0.15, 0.2) is 36.7 Å². The average Bonchev–Trinajstić information content (AvgIpc) is 2.66. The molecular formula is C17H22N4O4. The minimum atomic E-state index is -0.297. The molecule has 1 amide bonds. The second-order valence-corrected chi connectivity index (χ2v) is 4.99. The van der Waals surface area contributed by atoms with Gasteiger partial charge in [-0.2, -0.15) is 0 Å². The molecule has 8 heteroatoms. The zero-order valence-corrected chi connectivity index (χ0v) is 14.3. The SMILES string of the molecule is COCCNc1cnc(C(=O)NCCOc2ccc(OC)cc2)cn1. The summed E-state index contributed by atoms with van der Waals surface area (Å²) < 4.78 is 15.5. The number of ether oxygens (including phenoxy) is 3. The number of nitrogens with one attached hydrogen (secondary N) is 2. The average molecular weight is 346 g/mol. The summed E-state index contributed by atoms with van der Waals surface area (Å²) in [5.41, 5.74) is 0.252. The largest absolute Gasteiger partial charge is 0.497 e. The standard InChI is InChI=1S/C17H22N4O4/c1-23-9-7-18-16-12-20-15(11-21-16)17(22)19-8-10-25-14-5-3-13(24-2)4-6-14/h3-6,11-12H,7-10H2,1-2H3,(H,18,21)(H,19,22). The molecule has 1 heterocycles. The highest BCUT2D eigenvalue weighted by Crippen LogP contribution is 2.16. The maximum atomic E-state index is 12.0. The van der Waals surface area contributed by atoms with Crippen LogP contribution in [0.3, 0.4) is 0 Å². The number of rotatable bonds is 10. The van der Waals surface area contributed by atoms with E-state index in [2.05, 4.69) is 20.6 Å². The van der Waals surface area contributed by atoms with E-state index >= 15 is 0 Å². The van der Waals surface area contributed by atoms with Gasteiger partial charge in [0.15, 0.2) is 0 Å². The van der Waals surface area contributed by atoms with Crippen molar-refractivity contribution in [2.75, 3.05) is 45.8 Å². The van der Waals surface area contributed by atoms with Crippen molar-refractivity contribution in [1.82, 2.24) is 15.3 Å². The normalized spacial score (nSPS) is 10.2. The Morgan fingerprint density at radius 1 is 1.00 bits per heavy atom. The fourth-order valence-corrected chi connectivity index (χ4v) is 1.91. The summed E-state index contributed by atoms with van der Waals surface area (Å²) in [4.78, 5) is 20.2. The Bertz CT molecular complexity index is 647. The van der Waals surface area contributed by atoms with Gasteiger partial charge in [-0.3, -0.25) is 4.79 Å². The molecule has 0 unspecified atom stereocenters. The lowest BCUT2D eigenvalue weighted by atomic mass is 10.3. The minimum absolute atomic E-state index is 0.252. The molecule has 0 aliphatic carbocycles. The lowest BCUT2D eigenvalue weighted by molar-refractivity contribution is 0.0941. The van der Waals surface area contributed by atoms with Gasteiger partial charge in [0.2, 0.25) is 0 Å². The molecule has 0 saturated heterocycles. The molecule has 2 N–H and O–H groups in total. The lowest BCUT2D eigenvalue weighted by Crippen LogP contribution is -2.29. The molecule has 0 bridgehead atoms. The highest BCUT2D eigenvalue weighted by atomic mass is 16.5. The van der Waals surface area contributed by atoms with Crippen molar-refractivity contribution in [2.24, 2.45) is 0 Å². The molecule has 0 radical (unpaired) electrons. The van der Waals surface area contributed by atoms with Crippen LogP contribution in [-0.4, -0.2) is 56.4 Å². The molecule has 2 aromatic rings. The van der Waals surface area contributed by atoms with E-state index in [0.29, 0.717) is 37.9 Å². The smallest absolute Gasteiger partial charge is 0.271 e. The first-order valence-corrected chi connectivity index (χ1v) is 7.83. The van der Waals surface area contributed by atoms with Gasteiger partial charge in [0.25, 0.3) is 5.91 Å². The number of carbonyl (C=O) groups excluding carboxylic acids is 1. The van der Waals surface area contributed by atoms with Gasteiger partial charge in [-0.25, -0.2) is 9.97 Å². The van der Waals surface area contributed by atoms with Crippen LogP contribution in [0.2, 0.25) is 0 Å². The molecule has 1 aromatic carbocycles. The van der Waals surface area contributed by atoms with E-state index in [-0.39, 0.29) is 11.6 Å². The molecule has 8 nitrogen and oxygen atoms in total. The van der Waals surface area contributed by atoms with E-state index in [1.54, 1.807) is 26.4 Å². The fourth-order valence-electron chi connectivity index (χ4n) is 1.91. The number of nitrogens with zero attached hydrogens (tertiary/aromatic N) is 2. The van der Waals surface area contributed by atoms with Crippen molar-refractivity contribution < 1.29 is 19.0 Å². The quantitative estimate of drug-likeness (QED) is 0.627. The predicted octanol–water partition coefficient (Wildman–Crippen LogP) is 1.35. The van der Waals surface area contributed by atoms with Crippen molar-refractivity contribution >= 4 is 11.7 Å². The summed E-state index contributed by atoms with van der Waals surface area (Å²) in [7, 11) is 3.23. The van der Waals surface area contributed by atoms with Crippen LogP contribution in [0.1, 0.15) is 10.5 Å². The molecule has 0 fully saturated rings. The van der Waals surface area contributed by atoms with E-state index < -0.39 is 0 Å². The fraction of sp³-hybridized carbons (Fsp3) is 0.353. The van der Waals surface area contributed by atoms with Crippen molar-refractivity contribution in [3.63, 3.8) is 0 Å². The monoisotopic (exact) mass is 346 g/mol. The first-order chi connectivity index (χ1) is 12.2. The number of carbonyl (C=O) groups is 1. The Morgan fingerprint density at radius 2 is 1.76 bits per heavy atom. The van der Waals surface area contributed by atoms with Crippen LogP contribution in [0.25, 0.3) is 0 Å². The number of anilines is 1. The van der Waals surface area contributed by atoms with Crippen molar-refractivity contribution in [3.8, 4) is 11.5 Å². The van der Waals surface area contributed by atoms with Gasteiger partial charge >= 0.3 is 0 Å². The van der Waals surface area contributed by atoms with Crippen LogP contribution in [0, 0.1) is 0 Å². The van der Waals surface area contributed by atoms with Gasteiger partial charge in [0.05, 0.1) is 32.7 Å². The molecule has 0 aliphatic heterocycles. The summed E-state index contributed by atoms with van der Waals surface area (Å²) >= 11 is 0. The van der Waals surface area contributed by atoms with E-state index in [1.165, 1.54) is 12.4 Å². The van der Waals surface area contributed by atoms with Gasteiger partial charge in [-0.15, -0.1) is 0 Å². The van der Waals surface area contributed by atoms with Crippen LogP contribution in [-0.2, 0) is 4.74 Å². The molecule has 1 aromatic heterocycles. The van der Waals surface area contributed by atoms with Gasteiger partial charge in [0.1, 0.15) is 29.6 Å². The Balaban J connectivity index is 1.70. The summed E-state index contributed by atoms with van der Waals surface area (Å²) in [6, 6.07) is 7.24. The number of aromatic nitrogens is 2. The van der Waals surface area contributed by atoms with Gasteiger partial charge < -0.3 is 24.8 Å². The molecule has 0 saturated carbocycles. The third kappa shape index (κ3) is 6.27.